The second-order valence-corrected chi connectivity index (χ2v) is 10.3. The number of esters is 1. The smallest absolute Gasteiger partial charge is 0.408 e. The Morgan fingerprint density at radius 3 is 1.75 bits per heavy atom. The Kier molecular flexibility index (Phi) is 16.7. The van der Waals surface area contributed by atoms with Gasteiger partial charge in [-0.25, -0.2) is 9.59 Å². The maximum absolute atomic E-state index is 13.2. The molecule has 0 fully saturated rings. The Hall–Kier alpha value is -2.40. The first-order valence-corrected chi connectivity index (χ1v) is 13.0. The van der Waals surface area contributed by atoms with Gasteiger partial charge in [0.1, 0.15) is 23.7 Å². The molecule has 0 aliphatic carbocycles. The molecule has 0 saturated carbocycles. The minimum Gasteiger partial charge on any atom is -0.464 e. The van der Waals surface area contributed by atoms with Crippen LogP contribution in [0.25, 0.3) is 0 Å². The number of carbonyl (C=O) groups excluding carboxylic acids is 4. The highest BCUT2D eigenvalue weighted by Gasteiger charge is 2.31. The monoisotopic (exact) mass is 515 g/mol. The van der Waals surface area contributed by atoms with Crippen LogP contribution in [0.2, 0.25) is 0 Å². The highest BCUT2D eigenvalue weighted by Crippen LogP contribution is 2.11. The van der Waals surface area contributed by atoms with Gasteiger partial charge in [0, 0.05) is 0 Å². The summed E-state index contributed by atoms with van der Waals surface area (Å²) in [5, 5.41) is 8.11. The number of ether oxygens (including phenoxy) is 2. The van der Waals surface area contributed by atoms with Gasteiger partial charge in [0.05, 0.1) is 6.61 Å². The van der Waals surface area contributed by atoms with E-state index >= 15 is 0 Å². The van der Waals surface area contributed by atoms with Crippen molar-refractivity contribution in [2.45, 2.75) is 110 Å². The molecule has 11 heteroatoms. The van der Waals surface area contributed by atoms with Crippen molar-refractivity contribution in [1.82, 2.24) is 16.0 Å². The number of hydrogen-bond acceptors (Lipinski definition) is 8. The zero-order valence-electron chi connectivity index (χ0n) is 23.0. The summed E-state index contributed by atoms with van der Waals surface area (Å²) in [5.74, 6) is -1.44. The van der Waals surface area contributed by atoms with Crippen LogP contribution in [0.5, 0.6) is 0 Å². The van der Waals surface area contributed by atoms with Crippen LogP contribution in [0.3, 0.4) is 0 Å². The Balaban J connectivity index is 5.54. The van der Waals surface area contributed by atoms with E-state index in [1.165, 1.54) is 0 Å². The number of amides is 3. The summed E-state index contributed by atoms with van der Waals surface area (Å²) >= 11 is 0. The zero-order chi connectivity index (χ0) is 27.7. The Labute approximate surface area is 216 Å². The Morgan fingerprint density at radius 1 is 0.778 bits per heavy atom. The van der Waals surface area contributed by atoms with Gasteiger partial charge >= 0.3 is 12.1 Å². The lowest BCUT2D eigenvalue weighted by Gasteiger charge is -2.27. The normalized spacial score (nSPS) is 13.9. The van der Waals surface area contributed by atoms with Crippen molar-refractivity contribution in [2.75, 3.05) is 19.7 Å². The van der Waals surface area contributed by atoms with Gasteiger partial charge in [0.2, 0.25) is 11.8 Å². The van der Waals surface area contributed by atoms with Gasteiger partial charge in [-0.1, -0.05) is 13.8 Å². The van der Waals surface area contributed by atoms with Gasteiger partial charge in [-0.15, -0.1) is 0 Å². The van der Waals surface area contributed by atoms with Gasteiger partial charge in [0.15, 0.2) is 0 Å². The lowest BCUT2D eigenvalue weighted by molar-refractivity contribution is -0.148. The Bertz CT molecular complexity index is 680. The van der Waals surface area contributed by atoms with E-state index in [9.17, 15) is 19.2 Å². The lowest BCUT2D eigenvalue weighted by Crippen LogP contribution is -2.56. The second-order valence-electron chi connectivity index (χ2n) is 10.3. The fraction of sp³-hybridized carbons (Fsp3) is 0.840. The standard InChI is InChI=1S/C25H49N5O6/c1-7-35-23(33)19(13-9-11-15-27)28-22(32)20(16-17(2)3)29-21(31)18(12-8-10-14-26)30-24(34)36-25(4,5)6/h17-20H,7-16,26-27H2,1-6H3,(H,28,32)(H,29,31)(H,30,34)/t18-,19-,20-/m0/s1. The van der Waals surface area contributed by atoms with Gasteiger partial charge in [-0.2, -0.15) is 0 Å². The van der Waals surface area contributed by atoms with Crippen molar-refractivity contribution < 1.29 is 28.7 Å². The summed E-state index contributed by atoms with van der Waals surface area (Å²) in [4.78, 5) is 51.1. The van der Waals surface area contributed by atoms with Gasteiger partial charge in [-0.3, -0.25) is 9.59 Å². The van der Waals surface area contributed by atoms with Crippen LogP contribution in [0.1, 0.15) is 86.5 Å². The number of nitrogens with two attached hydrogens (primary N) is 2. The SMILES string of the molecule is CCOC(=O)[C@H](CCCCN)NC(=O)[C@H](CC(C)C)NC(=O)[C@H](CCCCN)NC(=O)OC(C)(C)C. The highest BCUT2D eigenvalue weighted by molar-refractivity contribution is 5.93. The molecular formula is C25H49N5O6. The third-order valence-corrected chi connectivity index (χ3v) is 5.13. The molecule has 0 unspecified atom stereocenters. The predicted octanol–water partition coefficient (Wildman–Crippen LogP) is 1.72. The van der Waals surface area contributed by atoms with Crippen LogP contribution in [0.15, 0.2) is 0 Å². The fourth-order valence-corrected chi connectivity index (χ4v) is 3.44. The first kappa shape index (κ1) is 33.6. The summed E-state index contributed by atoms with van der Waals surface area (Å²) in [6, 6.07) is -2.64. The molecule has 0 saturated heterocycles. The second kappa shape index (κ2) is 17.9. The average molecular weight is 516 g/mol. The number of rotatable bonds is 17. The van der Waals surface area contributed by atoms with Crippen molar-refractivity contribution in [3.8, 4) is 0 Å². The van der Waals surface area contributed by atoms with Crippen molar-refractivity contribution in [3.63, 3.8) is 0 Å². The third-order valence-electron chi connectivity index (χ3n) is 5.13. The van der Waals surface area contributed by atoms with E-state index in [1.807, 2.05) is 13.8 Å². The van der Waals surface area contributed by atoms with Crippen LogP contribution in [-0.4, -0.2) is 67.3 Å². The van der Waals surface area contributed by atoms with Gasteiger partial charge < -0.3 is 36.9 Å². The maximum Gasteiger partial charge on any atom is 0.408 e. The summed E-state index contributed by atoms with van der Waals surface area (Å²) in [6.45, 7) is 11.9. The summed E-state index contributed by atoms with van der Waals surface area (Å²) in [7, 11) is 0. The molecule has 210 valence electrons. The van der Waals surface area contributed by atoms with Gasteiger partial charge in [-0.05, 0) is 91.6 Å². The molecule has 0 bridgehead atoms. The molecule has 3 amide bonds. The van der Waals surface area contributed by atoms with Crippen LogP contribution >= 0.6 is 0 Å². The van der Waals surface area contributed by atoms with Crippen molar-refractivity contribution >= 4 is 23.9 Å². The van der Waals surface area contributed by atoms with E-state index in [1.54, 1.807) is 27.7 Å². The summed E-state index contributed by atoms with van der Waals surface area (Å²) in [5.41, 5.74) is 10.4. The van der Waals surface area contributed by atoms with Crippen LogP contribution in [-0.2, 0) is 23.9 Å². The van der Waals surface area contributed by atoms with Crippen LogP contribution in [0, 0.1) is 5.92 Å². The molecule has 7 N–H and O–H groups in total. The first-order valence-electron chi connectivity index (χ1n) is 13.0. The van der Waals surface area contributed by atoms with Crippen molar-refractivity contribution in [1.29, 1.82) is 0 Å². The lowest BCUT2D eigenvalue weighted by atomic mass is 10.0. The molecule has 36 heavy (non-hydrogen) atoms. The molecule has 0 aromatic rings. The summed E-state index contributed by atoms with van der Waals surface area (Å²) < 4.78 is 10.4. The van der Waals surface area contributed by atoms with Crippen LogP contribution in [0.4, 0.5) is 4.79 Å². The largest absolute Gasteiger partial charge is 0.464 e. The molecule has 0 heterocycles. The topological polar surface area (TPSA) is 175 Å². The third kappa shape index (κ3) is 15.6. The molecule has 0 aliphatic heterocycles. The van der Waals surface area contributed by atoms with Gasteiger partial charge in [0.25, 0.3) is 0 Å². The van der Waals surface area contributed by atoms with E-state index < -0.39 is 47.6 Å². The number of carbonyl (C=O) groups is 4. The molecule has 0 radical (unpaired) electrons. The van der Waals surface area contributed by atoms with E-state index in [-0.39, 0.29) is 12.5 Å². The zero-order valence-corrected chi connectivity index (χ0v) is 23.0. The molecular weight excluding hydrogens is 466 g/mol. The van der Waals surface area contributed by atoms with E-state index in [2.05, 4.69) is 16.0 Å². The van der Waals surface area contributed by atoms with E-state index in [0.29, 0.717) is 58.0 Å². The molecule has 0 spiro atoms. The minimum absolute atomic E-state index is 0.0776. The van der Waals surface area contributed by atoms with E-state index in [0.717, 1.165) is 0 Å². The first-order chi connectivity index (χ1) is 16.8. The Morgan fingerprint density at radius 2 is 1.28 bits per heavy atom. The maximum atomic E-state index is 13.2. The average Bonchev–Trinajstić information content (AvgIpc) is 2.76. The minimum atomic E-state index is -0.903. The molecule has 0 aromatic carbocycles. The molecule has 3 atom stereocenters. The number of hydrogen-bond donors (Lipinski definition) is 5. The fourth-order valence-electron chi connectivity index (χ4n) is 3.44. The van der Waals surface area contributed by atoms with Crippen molar-refractivity contribution in [2.24, 2.45) is 17.4 Å². The van der Waals surface area contributed by atoms with Crippen LogP contribution < -0.4 is 27.4 Å². The quantitative estimate of drug-likeness (QED) is 0.144. The number of nitrogens with one attached hydrogen (secondary N) is 3. The molecule has 0 aliphatic rings. The van der Waals surface area contributed by atoms with Crippen molar-refractivity contribution in [3.05, 3.63) is 0 Å². The molecule has 0 aromatic heterocycles. The van der Waals surface area contributed by atoms with E-state index in [4.69, 9.17) is 20.9 Å². The predicted molar refractivity (Wildman–Crippen MR) is 139 cm³/mol. The number of unbranched alkanes of at least 4 members (excludes halogenated alkanes) is 2. The molecule has 11 nitrogen and oxygen atoms in total. The summed E-state index contributed by atoms with van der Waals surface area (Å²) in [6.07, 6.45) is 2.98. The number of alkyl carbamates (subject to hydrolysis) is 1. The highest BCUT2D eigenvalue weighted by atomic mass is 16.6. The molecule has 0 rings (SSSR count).